The molecule has 1 aromatic carbocycles. The quantitative estimate of drug-likeness (QED) is 0.658. The van der Waals surface area contributed by atoms with Gasteiger partial charge in [-0.3, -0.25) is 0 Å². The summed E-state index contributed by atoms with van der Waals surface area (Å²) in [6, 6.07) is 7.28. The van der Waals surface area contributed by atoms with E-state index in [0.717, 1.165) is 4.68 Å². The third-order valence-corrected chi connectivity index (χ3v) is 3.25. The standard InChI is InChI=1S/C15H16N6O3/c1-3-23-13-7-4-6-12(21-15(22)20(2)18-19-21)11(13)10-24-14-16-8-5-9-17-14/h4-9H,3,10H2,1-2H3. The lowest BCUT2D eigenvalue weighted by Gasteiger charge is -2.14. The lowest BCUT2D eigenvalue weighted by atomic mass is 10.1. The van der Waals surface area contributed by atoms with Crippen molar-refractivity contribution < 1.29 is 9.47 Å². The van der Waals surface area contributed by atoms with Crippen LogP contribution in [0, 0.1) is 0 Å². The van der Waals surface area contributed by atoms with Gasteiger partial charge in [-0.05, 0) is 35.5 Å². The Bertz CT molecular complexity index is 874. The second-order valence-corrected chi connectivity index (χ2v) is 4.80. The van der Waals surface area contributed by atoms with E-state index in [1.54, 1.807) is 36.7 Å². The predicted octanol–water partition coefficient (Wildman–Crippen LogP) is 0.734. The maximum absolute atomic E-state index is 12.2. The second-order valence-electron chi connectivity index (χ2n) is 4.80. The van der Waals surface area contributed by atoms with Crippen molar-refractivity contribution in [2.45, 2.75) is 13.5 Å². The monoisotopic (exact) mass is 328 g/mol. The largest absolute Gasteiger partial charge is 0.493 e. The first-order valence-electron chi connectivity index (χ1n) is 7.34. The van der Waals surface area contributed by atoms with E-state index >= 15 is 0 Å². The lowest BCUT2D eigenvalue weighted by molar-refractivity contribution is 0.267. The Kier molecular flexibility index (Phi) is 4.50. The number of rotatable bonds is 6. The molecule has 0 atom stereocenters. The van der Waals surface area contributed by atoms with Gasteiger partial charge in [0, 0.05) is 19.4 Å². The molecule has 3 rings (SSSR count). The van der Waals surface area contributed by atoms with Gasteiger partial charge in [0.15, 0.2) is 0 Å². The third kappa shape index (κ3) is 3.09. The number of aryl methyl sites for hydroxylation is 1. The molecule has 0 unspecified atom stereocenters. The fourth-order valence-corrected chi connectivity index (χ4v) is 2.15. The first kappa shape index (κ1) is 15.7. The summed E-state index contributed by atoms with van der Waals surface area (Å²) in [5.41, 5.74) is 0.838. The summed E-state index contributed by atoms with van der Waals surface area (Å²) in [4.78, 5) is 20.2. The summed E-state index contributed by atoms with van der Waals surface area (Å²) in [5.74, 6) is 0.600. The Morgan fingerprint density at radius 1 is 1.08 bits per heavy atom. The van der Waals surface area contributed by atoms with Crippen molar-refractivity contribution in [3.63, 3.8) is 0 Å². The molecule has 0 bridgehead atoms. The van der Waals surface area contributed by atoms with E-state index in [9.17, 15) is 4.79 Å². The van der Waals surface area contributed by atoms with Crippen molar-refractivity contribution in [1.82, 2.24) is 29.8 Å². The van der Waals surface area contributed by atoms with Crippen LogP contribution in [0.15, 0.2) is 41.5 Å². The molecule has 0 aliphatic carbocycles. The van der Waals surface area contributed by atoms with Gasteiger partial charge in [-0.25, -0.2) is 14.8 Å². The van der Waals surface area contributed by atoms with Crippen LogP contribution in [0.5, 0.6) is 11.8 Å². The molecule has 9 nitrogen and oxygen atoms in total. The molecule has 0 radical (unpaired) electrons. The van der Waals surface area contributed by atoms with Crippen LogP contribution in [0.1, 0.15) is 12.5 Å². The molecule has 0 N–H and O–H groups in total. The van der Waals surface area contributed by atoms with Crippen molar-refractivity contribution in [3.05, 3.63) is 52.7 Å². The van der Waals surface area contributed by atoms with E-state index < -0.39 is 0 Å². The Balaban J connectivity index is 2.01. The molecule has 24 heavy (non-hydrogen) atoms. The SMILES string of the molecule is CCOc1cccc(-n2nnn(C)c2=O)c1COc1ncccn1. The molecule has 0 saturated heterocycles. The Labute approximate surface area is 137 Å². The molecule has 0 amide bonds. The number of nitrogens with zero attached hydrogens (tertiary/aromatic N) is 6. The minimum absolute atomic E-state index is 0.124. The average molecular weight is 328 g/mol. The molecule has 2 aromatic heterocycles. The van der Waals surface area contributed by atoms with E-state index in [-0.39, 0.29) is 18.3 Å². The highest BCUT2D eigenvalue weighted by Gasteiger charge is 2.16. The Morgan fingerprint density at radius 2 is 1.88 bits per heavy atom. The molecule has 0 saturated carbocycles. The molecule has 9 heteroatoms. The van der Waals surface area contributed by atoms with Gasteiger partial charge in [-0.1, -0.05) is 6.07 Å². The van der Waals surface area contributed by atoms with Crippen LogP contribution in [0.3, 0.4) is 0 Å². The highest BCUT2D eigenvalue weighted by atomic mass is 16.5. The van der Waals surface area contributed by atoms with Crippen LogP contribution in [0.2, 0.25) is 0 Å². The van der Waals surface area contributed by atoms with Crippen LogP contribution >= 0.6 is 0 Å². The van der Waals surface area contributed by atoms with Crippen LogP contribution in [0.25, 0.3) is 5.69 Å². The number of tetrazole rings is 1. The number of benzene rings is 1. The van der Waals surface area contributed by atoms with Crippen molar-refractivity contribution in [1.29, 1.82) is 0 Å². The molecule has 124 valence electrons. The van der Waals surface area contributed by atoms with E-state index in [1.165, 1.54) is 11.7 Å². The number of aromatic nitrogens is 6. The third-order valence-electron chi connectivity index (χ3n) is 3.25. The molecule has 2 heterocycles. The lowest BCUT2D eigenvalue weighted by Crippen LogP contribution is -2.23. The summed E-state index contributed by atoms with van der Waals surface area (Å²) in [5, 5.41) is 7.62. The molecule has 3 aromatic rings. The Morgan fingerprint density at radius 3 is 2.54 bits per heavy atom. The minimum atomic E-state index is -0.360. The maximum Gasteiger partial charge on any atom is 0.368 e. The van der Waals surface area contributed by atoms with E-state index in [1.807, 2.05) is 6.92 Å². The number of hydrogen-bond acceptors (Lipinski definition) is 7. The zero-order valence-corrected chi connectivity index (χ0v) is 13.3. The number of hydrogen-bond donors (Lipinski definition) is 0. The first-order chi connectivity index (χ1) is 11.7. The van der Waals surface area contributed by atoms with Crippen molar-refractivity contribution in [2.24, 2.45) is 7.05 Å². The average Bonchev–Trinajstić information content (AvgIpc) is 2.94. The van der Waals surface area contributed by atoms with E-state index in [4.69, 9.17) is 9.47 Å². The highest BCUT2D eigenvalue weighted by Crippen LogP contribution is 2.25. The van der Waals surface area contributed by atoms with Gasteiger partial charge in [0.05, 0.1) is 17.9 Å². The van der Waals surface area contributed by atoms with Crippen molar-refractivity contribution in [2.75, 3.05) is 6.61 Å². The minimum Gasteiger partial charge on any atom is -0.493 e. The second kappa shape index (κ2) is 6.90. The van der Waals surface area contributed by atoms with Gasteiger partial charge in [-0.2, -0.15) is 9.36 Å². The van der Waals surface area contributed by atoms with Crippen molar-refractivity contribution >= 4 is 0 Å². The van der Waals surface area contributed by atoms with E-state index in [2.05, 4.69) is 20.4 Å². The summed E-state index contributed by atoms with van der Waals surface area (Å²) >= 11 is 0. The fourth-order valence-electron chi connectivity index (χ4n) is 2.15. The van der Waals surface area contributed by atoms with Crippen LogP contribution < -0.4 is 15.2 Å². The number of ether oxygens (including phenoxy) is 2. The molecular formula is C15H16N6O3. The van der Waals surface area contributed by atoms with Gasteiger partial charge in [0.1, 0.15) is 12.4 Å². The molecule has 0 aliphatic rings. The summed E-state index contributed by atoms with van der Waals surface area (Å²) in [6.45, 7) is 2.48. The summed E-state index contributed by atoms with van der Waals surface area (Å²) < 4.78 is 13.6. The van der Waals surface area contributed by atoms with Gasteiger partial charge in [-0.15, -0.1) is 0 Å². The molecule has 0 aliphatic heterocycles. The molecular weight excluding hydrogens is 312 g/mol. The molecule has 0 spiro atoms. The van der Waals surface area contributed by atoms with E-state index in [0.29, 0.717) is 23.6 Å². The topological polar surface area (TPSA) is 97.0 Å². The van der Waals surface area contributed by atoms with Crippen LogP contribution in [0.4, 0.5) is 0 Å². The van der Waals surface area contributed by atoms with Gasteiger partial charge in [0.2, 0.25) is 0 Å². The first-order valence-corrected chi connectivity index (χ1v) is 7.34. The highest BCUT2D eigenvalue weighted by molar-refractivity contribution is 5.48. The Hall–Kier alpha value is -3.23. The maximum atomic E-state index is 12.2. The van der Waals surface area contributed by atoms with Crippen LogP contribution in [-0.4, -0.2) is 36.4 Å². The zero-order valence-electron chi connectivity index (χ0n) is 13.3. The smallest absolute Gasteiger partial charge is 0.368 e. The van der Waals surface area contributed by atoms with Gasteiger partial charge in [0.25, 0.3) is 0 Å². The fraction of sp³-hybridized carbons (Fsp3) is 0.267. The summed E-state index contributed by atoms with van der Waals surface area (Å²) in [6.07, 6.45) is 3.18. The summed E-state index contributed by atoms with van der Waals surface area (Å²) in [7, 11) is 1.53. The van der Waals surface area contributed by atoms with Gasteiger partial charge < -0.3 is 9.47 Å². The van der Waals surface area contributed by atoms with Crippen LogP contribution in [-0.2, 0) is 13.7 Å². The zero-order chi connectivity index (χ0) is 16.9. The normalized spacial score (nSPS) is 10.6. The predicted molar refractivity (Wildman–Crippen MR) is 84.1 cm³/mol. The molecule has 0 fully saturated rings. The van der Waals surface area contributed by atoms with Gasteiger partial charge >= 0.3 is 11.7 Å². The van der Waals surface area contributed by atoms with Crippen molar-refractivity contribution in [3.8, 4) is 17.4 Å².